The number of rotatable bonds is 12. The van der Waals surface area contributed by atoms with Crippen LogP contribution < -0.4 is 0 Å². The van der Waals surface area contributed by atoms with E-state index in [0.717, 1.165) is 55.7 Å². The van der Waals surface area contributed by atoms with Crippen molar-refractivity contribution in [2.75, 3.05) is 0 Å². The molecule has 0 amide bonds. The average molecular weight is 811 g/mol. The van der Waals surface area contributed by atoms with E-state index in [1.165, 1.54) is 12.2 Å². The summed E-state index contributed by atoms with van der Waals surface area (Å²) in [6.45, 7) is 0. The normalized spacial score (nSPS) is 16.8. The van der Waals surface area contributed by atoms with Crippen LogP contribution in [0.1, 0.15) is 69.2 Å². The molecule has 0 heterocycles. The molecule has 4 nitrogen and oxygen atoms in total. The molecule has 0 radical (unpaired) electrons. The molecule has 4 heteroatoms. The monoisotopic (exact) mass is 810 g/mol. The van der Waals surface area contributed by atoms with Gasteiger partial charge in [0.1, 0.15) is 0 Å². The first kappa shape index (κ1) is 40.7. The van der Waals surface area contributed by atoms with E-state index >= 15 is 0 Å². The van der Waals surface area contributed by atoms with Gasteiger partial charge in [-0.1, -0.05) is 231 Å². The Morgan fingerprint density at radius 3 is 0.742 bits per heavy atom. The average Bonchev–Trinajstić information content (AvgIpc) is 3.32. The molecule has 0 spiro atoms. The van der Waals surface area contributed by atoms with E-state index in [1.54, 1.807) is 0 Å². The SMILES string of the molecule is OC1(O)C=CC(C(c2ccc(C(C3=CCC(O)(O)C=C3)C(c3ccccc3)(c3ccccc3)c3ccccc3)cc2)C(c2ccccc2)(c2ccccc2)c2ccccc2)=CC1. The molecule has 2 unspecified atom stereocenters. The van der Waals surface area contributed by atoms with Crippen LogP contribution in [-0.2, 0) is 10.8 Å². The Labute approximate surface area is 364 Å². The standard InChI is InChI=1S/C58H50O4/c59-55(60)39-35-45(36-40-55)53(57(47-19-7-1-8-20-47,48-21-9-2-10-22-48)49-23-11-3-12-24-49)43-31-33-44(34-32-43)54(46-37-41-56(61,62)42-38-46)58(50-25-13-4-14-26-50,51-27-15-5-16-28-51)52-29-17-6-18-30-52/h1-39,41,53-54,59-62H,40,42H2. The molecule has 306 valence electrons. The molecule has 4 N–H and O–H groups in total. The third-order valence-corrected chi connectivity index (χ3v) is 12.9. The molecule has 62 heavy (non-hydrogen) atoms. The van der Waals surface area contributed by atoms with Gasteiger partial charge in [-0.15, -0.1) is 0 Å². The molecule has 0 bridgehead atoms. The molecule has 2 aliphatic carbocycles. The lowest BCUT2D eigenvalue weighted by Gasteiger charge is -2.45. The van der Waals surface area contributed by atoms with Crippen molar-refractivity contribution in [1.29, 1.82) is 0 Å². The number of benzene rings is 7. The highest BCUT2D eigenvalue weighted by molar-refractivity contribution is 5.62. The fraction of sp³-hybridized carbons (Fsp3) is 0.138. The summed E-state index contributed by atoms with van der Waals surface area (Å²) in [7, 11) is 0. The molecule has 0 saturated heterocycles. The number of hydrogen-bond donors (Lipinski definition) is 4. The van der Waals surface area contributed by atoms with Gasteiger partial charge in [0.2, 0.25) is 0 Å². The Kier molecular flexibility index (Phi) is 11.2. The first-order valence-electron chi connectivity index (χ1n) is 21.3. The fourth-order valence-corrected chi connectivity index (χ4v) is 10.2. The van der Waals surface area contributed by atoms with Gasteiger partial charge in [-0.3, -0.25) is 0 Å². The predicted molar refractivity (Wildman–Crippen MR) is 248 cm³/mol. The van der Waals surface area contributed by atoms with Crippen LogP contribution in [0.25, 0.3) is 0 Å². The van der Waals surface area contributed by atoms with Crippen molar-refractivity contribution >= 4 is 0 Å². The van der Waals surface area contributed by atoms with Gasteiger partial charge in [0.25, 0.3) is 0 Å². The summed E-state index contributed by atoms with van der Waals surface area (Å²) in [5, 5.41) is 43.2. The summed E-state index contributed by atoms with van der Waals surface area (Å²) in [5.41, 5.74) is 9.15. The largest absolute Gasteiger partial charge is 0.362 e. The van der Waals surface area contributed by atoms with E-state index in [9.17, 15) is 20.4 Å². The second-order valence-corrected chi connectivity index (χ2v) is 16.6. The van der Waals surface area contributed by atoms with Crippen LogP contribution in [-0.4, -0.2) is 32.0 Å². The molecule has 2 atom stereocenters. The van der Waals surface area contributed by atoms with Gasteiger partial charge < -0.3 is 20.4 Å². The van der Waals surface area contributed by atoms with E-state index in [2.05, 4.69) is 170 Å². The van der Waals surface area contributed by atoms with Crippen LogP contribution in [0, 0.1) is 0 Å². The maximum absolute atomic E-state index is 10.8. The lowest BCUT2D eigenvalue weighted by atomic mass is 9.56. The van der Waals surface area contributed by atoms with Gasteiger partial charge in [-0.25, -0.2) is 0 Å². The number of aliphatic hydroxyl groups is 4. The molecule has 0 saturated carbocycles. The summed E-state index contributed by atoms with van der Waals surface area (Å²) in [6.07, 6.45) is 10.8. The Balaban J connectivity index is 1.33. The van der Waals surface area contributed by atoms with Crippen molar-refractivity contribution in [2.45, 2.75) is 47.1 Å². The number of hydrogen-bond acceptors (Lipinski definition) is 4. The van der Waals surface area contributed by atoms with Crippen molar-refractivity contribution in [1.82, 2.24) is 0 Å². The Hall–Kier alpha value is -6.66. The van der Waals surface area contributed by atoms with Gasteiger partial charge in [-0.05, 0) is 67.8 Å². The smallest absolute Gasteiger partial charge is 0.186 e. The highest BCUT2D eigenvalue weighted by atomic mass is 16.5. The van der Waals surface area contributed by atoms with E-state index in [1.807, 2.05) is 60.7 Å². The topological polar surface area (TPSA) is 80.9 Å². The number of allylic oxidation sites excluding steroid dienone is 4. The first-order valence-corrected chi connectivity index (χ1v) is 21.3. The molecule has 2 aliphatic rings. The zero-order chi connectivity index (χ0) is 42.6. The lowest BCUT2D eigenvalue weighted by molar-refractivity contribution is -0.116. The molecular formula is C58H50O4. The van der Waals surface area contributed by atoms with Crippen molar-refractivity contribution in [3.05, 3.63) is 298 Å². The third kappa shape index (κ3) is 7.53. The molecule has 0 aromatic heterocycles. The van der Waals surface area contributed by atoms with Gasteiger partial charge in [0, 0.05) is 24.7 Å². The highest BCUT2D eigenvalue weighted by Gasteiger charge is 2.48. The lowest BCUT2D eigenvalue weighted by Crippen LogP contribution is -2.39. The maximum atomic E-state index is 10.8. The minimum absolute atomic E-state index is 0.0510. The third-order valence-electron chi connectivity index (χ3n) is 12.9. The fourth-order valence-electron chi connectivity index (χ4n) is 10.2. The minimum atomic E-state index is -1.95. The van der Waals surface area contributed by atoms with Crippen LogP contribution in [0.3, 0.4) is 0 Å². The molecule has 7 aromatic carbocycles. The van der Waals surface area contributed by atoms with Crippen LogP contribution in [0.4, 0.5) is 0 Å². The summed E-state index contributed by atoms with van der Waals surface area (Å²) >= 11 is 0. The summed E-state index contributed by atoms with van der Waals surface area (Å²) in [6, 6.07) is 72.7. The molecule has 0 fully saturated rings. The zero-order valence-electron chi connectivity index (χ0n) is 34.5. The van der Waals surface area contributed by atoms with Crippen LogP contribution in [0.15, 0.2) is 254 Å². The Morgan fingerprint density at radius 2 is 0.548 bits per heavy atom. The van der Waals surface area contributed by atoms with Gasteiger partial charge >= 0.3 is 0 Å². The van der Waals surface area contributed by atoms with Gasteiger partial charge in [0.05, 0.1) is 10.8 Å². The van der Waals surface area contributed by atoms with E-state index in [4.69, 9.17) is 0 Å². The van der Waals surface area contributed by atoms with Gasteiger partial charge in [-0.2, -0.15) is 0 Å². The van der Waals surface area contributed by atoms with E-state index in [-0.39, 0.29) is 24.7 Å². The summed E-state index contributed by atoms with van der Waals surface area (Å²) < 4.78 is 0. The Morgan fingerprint density at radius 1 is 0.323 bits per heavy atom. The zero-order valence-corrected chi connectivity index (χ0v) is 34.5. The highest BCUT2D eigenvalue weighted by Crippen LogP contribution is 2.56. The first-order chi connectivity index (χ1) is 30.2. The van der Waals surface area contributed by atoms with Crippen molar-refractivity contribution in [2.24, 2.45) is 0 Å². The summed E-state index contributed by atoms with van der Waals surface area (Å²) in [4.78, 5) is 0. The quantitative estimate of drug-likeness (QED) is 0.0732. The second kappa shape index (κ2) is 17.0. The van der Waals surface area contributed by atoms with Crippen molar-refractivity contribution < 1.29 is 20.4 Å². The van der Waals surface area contributed by atoms with E-state index < -0.39 is 22.4 Å². The predicted octanol–water partition coefficient (Wildman–Crippen LogP) is 11.1. The van der Waals surface area contributed by atoms with Crippen molar-refractivity contribution in [3.8, 4) is 0 Å². The maximum Gasteiger partial charge on any atom is 0.186 e. The molecular weight excluding hydrogens is 761 g/mol. The van der Waals surface area contributed by atoms with Crippen LogP contribution >= 0.6 is 0 Å². The van der Waals surface area contributed by atoms with Crippen LogP contribution in [0.2, 0.25) is 0 Å². The second-order valence-electron chi connectivity index (χ2n) is 16.6. The van der Waals surface area contributed by atoms with Gasteiger partial charge in [0.15, 0.2) is 11.6 Å². The van der Waals surface area contributed by atoms with Crippen molar-refractivity contribution in [3.63, 3.8) is 0 Å². The van der Waals surface area contributed by atoms with Crippen LogP contribution in [0.5, 0.6) is 0 Å². The summed E-state index contributed by atoms with van der Waals surface area (Å²) in [5.74, 6) is -4.54. The Bertz CT molecular complexity index is 2320. The minimum Gasteiger partial charge on any atom is -0.362 e. The molecule has 9 rings (SSSR count). The van der Waals surface area contributed by atoms with E-state index in [0.29, 0.717) is 0 Å². The molecule has 0 aliphatic heterocycles. The molecule has 7 aromatic rings.